The van der Waals surface area contributed by atoms with Crippen LogP contribution in [0.15, 0.2) is 72.8 Å². The molecule has 0 aliphatic rings. The van der Waals surface area contributed by atoms with Gasteiger partial charge < -0.3 is 21.4 Å². The SMILES string of the molecule is N=C(N)c1ccc2cc(C(=O)NCc3cccc(C(F)(F)F)c3)n(Cc3ccc(C(N)=O)cc3)c2c1. The first-order valence-corrected chi connectivity index (χ1v) is 10.8. The molecule has 10 heteroatoms. The van der Waals surface area contributed by atoms with Crippen LogP contribution in [0, 0.1) is 5.41 Å². The lowest BCUT2D eigenvalue weighted by molar-refractivity contribution is -0.137. The smallest absolute Gasteiger partial charge is 0.384 e. The van der Waals surface area contributed by atoms with Crippen LogP contribution in [0.4, 0.5) is 13.2 Å². The zero-order valence-electron chi connectivity index (χ0n) is 18.9. The molecule has 0 spiro atoms. The molecular weight excluding hydrogens is 471 g/mol. The summed E-state index contributed by atoms with van der Waals surface area (Å²) < 4.78 is 40.8. The maximum absolute atomic E-state index is 13.2. The van der Waals surface area contributed by atoms with Gasteiger partial charge in [-0.05, 0) is 47.5 Å². The average Bonchev–Trinajstić information content (AvgIpc) is 3.20. The van der Waals surface area contributed by atoms with Crippen molar-refractivity contribution in [2.24, 2.45) is 11.5 Å². The third-order valence-corrected chi connectivity index (χ3v) is 5.73. The Hall–Kier alpha value is -4.60. The van der Waals surface area contributed by atoms with Crippen molar-refractivity contribution in [3.63, 3.8) is 0 Å². The second-order valence-electron chi connectivity index (χ2n) is 8.24. The van der Waals surface area contributed by atoms with Crippen molar-refractivity contribution < 1.29 is 22.8 Å². The maximum atomic E-state index is 13.2. The van der Waals surface area contributed by atoms with Crippen molar-refractivity contribution in [1.29, 1.82) is 5.41 Å². The molecule has 0 fully saturated rings. The van der Waals surface area contributed by atoms with Crippen molar-refractivity contribution in [1.82, 2.24) is 9.88 Å². The minimum absolute atomic E-state index is 0.101. The molecule has 0 atom stereocenters. The van der Waals surface area contributed by atoms with E-state index in [0.29, 0.717) is 22.2 Å². The largest absolute Gasteiger partial charge is 0.416 e. The number of benzene rings is 3. The van der Waals surface area contributed by atoms with Gasteiger partial charge in [-0.1, -0.05) is 36.4 Å². The number of hydrogen-bond donors (Lipinski definition) is 4. The van der Waals surface area contributed by atoms with E-state index in [1.807, 2.05) is 0 Å². The van der Waals surface area contributed by atoms with Gasteiger partial charge in [-0.3, -0.25) is 15.0 Å². The number of hydrogen-bond acceptors (Lipinski definition) is 3. The number of halogens is 3. The molecule has 4 aromatic rings. The summed E-state index contributed by atoms with van der Waals surface area (Å²) >= 11 is 0. The topological polar surface area (TPSA) is 127 Å². The lowest BCUT2D eigenvalue weighted by Crippen LogP contribution is -2.26. The third-order valence-electron chi connectivity index (χ3n) is 5.73. The molecular formula is C26H22F3N5O2. The van der Waals surface area contributed by atoms with Crippen LogP contribution in [-0.4, -0.2) is 22.2 Å². The quantitative estimate of drug-likeness (QED) is 0.229. The highest BCUT2D eigenvalue weighted by Crippen LogP contribution is 2.29. The Labute approximate surface area is 204 Å². The first-order chi connectivity index (χ1) is 17.0. The molecule has 4 rings (SSSR count). The molecule has 0 aliphatic heterocycles. The van der Waals surface area contributed by atoms with Crippen LogP contribution in [-0.2, 0) is 19.3 Å². The van der Waals surface area contributed by atoms with Crippen LogP contribution < -0.4 is 16.8 Å². The summed E-state index contributed by atoms with van der Waals surface area (Å²) in [6.45, 7) is 0.145. The number of primary amides is 1. The van der Waals surface area contributed by atoms with Crippen molar-refractivity contribution in [3.05, 3.63) is 106 Å². The summed E-state index contributed by atoms with van der Waals surface area (Å²) in [7, 11) is 0. The number of nitrogens with zero attached hydrogens (tertiary/aromatic N) is 1. The Balaban J connectivity index is 1.67. The molecule has 1 aromatic heterocycles. The molecule has 0 aliphatic carbocycles. The highest BCUT2D eigenvalue weighted by atomic mass is 19.4. The van der Waals surface area contributed by atoms with E-state index in [4.69, 9.17) is 16.9 Å². The van der Waals surface area contributed by atoms with E-state index in [1.54, 1.807) is 53.1 Å². The normalized spacial score (nSPS) is 11.4. The number of amidine groups is 1. The highest BCUT2D eigenvalue weighted by molar-refractivity contribution is 6.02. The molecule has 0 bridgehead atoms. The summed E-state index contributed by atoms with van der Waals surface area (Å²) in [6.07, 6.45) is -4.48. The van der Waals surface area contributed by atoms with E-state index in [9.17, 15) is 22.8 Å². The van der Waals surface area contributed by atoms with E-state index in [1.165, 1.54) is 12.1 Å². The fourth-order valence-corrected chi connectivity index (χ4v) is 3.87. The highest BCUT2D eigenvalue weighted by Gasteiger charge is 2.30. The molecule has 0 radical (unpaired) electrons. The summed E-state index contributed by atoms with van der Waals surface area (Å²) in [5, 5.41) is 11.2. The second kappa shape index (κ2) is 9.57. The van der Waals surface area contributed by atoms with Gasteiger partial charge >= 0.3 is 6.18 Å². The van der Waals surface area contributed by atoms with Crippen molar-refractivity contribution >= 4 is 28.6 Å². The van der Waals surface area contributed by atoms with E-state index >= 15 is 0 Å². The van der Waals surface area contributed by atoms with E-state index < -0.39 is 23.6 Å². The molecule has 36 heavy (non-hydrogen) atoms. The van der Waals surface area contributed by atoms with E-state index in [2.05, 4.69) is 5.32 Å². The number of nitrogens with one attached hydrogen (secondary N) is 2. The van der Waals surface area contributed by atoms with E-state index in [0.717, 1.165) is 23.1 Å². The number of carbonyl (C=O) groups is 2. The number of amides is 2. The van der Waals surface area contributed by atoms with Crippen LogP contribution in [0.2, 0.25) is 0 Å². The van der Waals surface area contributed by atoms with Crippen LogP contribution in [0.25, 0.3) is 10.9 Å². The van der Waals surface area contributed by atoms with Gasteiger partial charge in [-0.15, -0.1) is 0 Å². The van der Waals surface area contributed by atoms with Crippen LogP contribution in [0.3, 0.4) is 0 Å². The van der Waals surface area contributed by atoms with Crippen molar-refractivity contribution in [2.45, 2.75) is 19.3 Å². The summed E-state index contributed by atoms with van der Waals surface area (Å²) in [6, 6.07) is 18.1. The minimum Gasteiger partial charge on any atom is -0.384 e. The molecule has 6 N–H and O–H groups in total. The fraction of sp³-hybridized carbons (Fsp3) is 0.115. The predicted molar refractivity (Wildman–Crippen MR) is 130 cm³/mol. The second-order valence-corrected chi connectivity index (χ2v) is 8.24. The minimum atomic E-state index is -4.48. The molecule has 2 amide bonds. The van der Waals surface area contributed by atoms with Crippen molar-refractivity contribution in [2.75, 3.05) is 0 Å². The standard InChI is InChI=1S/C26H22F3N5O2/c27-26(28,29)20-3-1-2-16(10-20)13-33-25(36)22-11-18-8-9-19(23(30)31)12-21(18)34(22)14-15-4-6-17(7-5-15)24(32)35/h1-12H,13-14H2,(H3,30,31)(H2,32,35)(H,33,36). The van der Waals surface area contributed by atoms with Crippen molar-refractivity contribution in [3.8, 4) is 0 Å². The number of fused-ring (bicyclic) bond motifs is 1. The molecule has 184 valence electrons. The number of nitrogens with two attached hydrogens (primary N) is 2. The van der Waals surface area contributed by atoms with Gasteiger partial charge in [0.25, 0.3) is 5.91 Å². The number of aromatic nitrogens is 1. The van der Waals surface area contributed by atoms with Gasteiger partial charge in [0.1, 0.15) is 11.5 Å². The third kappa shape index (κ3) is 5.22. The van der Waals surface area contributed by atoms with Gasteiger partial charge in [0.2, 0.25) is 5.91 Å². The lowest BCUT2D eigenvalue weighted by Gasteiger charge is -2.13. The Morgan fingerprint density at radius 3 is 2.22 bits per heavy atom. The van der Waals surface area contributed by atoms with Crippen LogP contribution in [0.5, 0.6) is 0 Å². The monoisotopic (exact) mass is 493 g/mol. The van der Waals surface area contributed by atoms with Crippen LogP contribution >= 0.6 is 0 Å². The predicted octanol–water partition coefficient (Wildman–Crippen LogP) is 4.02. The zero-order valence-corrected chi connectivity index (χ0v) is 18.9. The maximum Gasteiger partial charge on any atom is 0.416 e. The summed E-state index contributed by atoms with van der Waals surface area (Å²) in [4.78, 5) is 24.5. The number of alkyl halides is 3. The Bertz CT molecular complexity index is 1470. The van der Waals surface area contributed by atoms with Gasteiger partial charge in [-0.25, -0.2) is 0 Å². The molecule has 0 unspecified atom stereocenters. The van der Waals surface area contributed by atoms with Gasteiger partial charge in [0.05, 0.1) is 5.56 Å². The number of rotatable bonds is 7. The van der Waals surface area contributed by atoms with E-state index in [-0.39, 0.29) is 24.6 Å². The first kappa shape index (κ1) is 24.5. The van der Waals surface area contributed by atoms with Crippen LogP contribution in [0.1, 0.15) is 43.1 Å². The Morgan fingerprint density at radius 2 is 1.58 bits per heavy atom. The first-order valence-electron chi connectivity index (χ1n) is 10.8. The lowest BCUT2D eigenvalue weighted by atomic mass is 10.1. The average molecular weight is 493 g/mol. The molecule has 0 saturated carbocycles. The number of carbonyl (C=O) groups excluding carboxylic acids is 2. The summed E-state index contributed by atoms with van der Waals surface area (Å²) in [5.74, 6) is -1.18. The fourth-order valence-electron chi connectivity index (χ4n) is 3.87. The number of nitrogen functional groups attached to an aromatic ring is 1. The molecule has 1 heterocycles. The molecule has 3 aromatic carbocycles. The molecule has 0 saturated heterocycles. The van der Waals surface area contributed by atoms with Gasteiger partial charge in [0.15, 0.2) is 0 Å². The zero-order chi connectivity index (χ0) is 26.0. The Morgan fingerprint density at radius 1 is 0.889 bits per heavy atom. The molecule has 7 nitrogen and oxygen atoms in total. The summed E-state index contributed by atoms with van der Waals surface area (Å²) in [5.41, 5.74) is 13.0. The Kier molecular flexibility index (Phi) is 6.52. The van der Waals surface area contributed by atoms with Gasteiger partial charge in [0, 0.05) is 35.1 Å². The van der Waals surface area contributed by atoms with Gasteiger partial charge in [-0.2, -0.15) is 13.2 Å².